The molecule has 1 atom stereocenters. The van der Waals surface area contributed by atoms with E-state index in [1.165, 1.54) is 54.5 Å². The van der Waals surface area contributed by atoms with E-state index in [-0.39, 0.29) is 0 Å². The van der Waals surface area contributed by atoms with Crippen LogP contribution in [0, 0.1) is 5.92 Å². The van der Waals surface area contributed by atoms with E-state index in [9.17, 15) is 0 Å². The van der Waals surface area contributed by atoms with Crippen LogP contribution in [0.15, 0.2) is 0 Å². The standard InChI is InChI=1S/C15H25N3S/c1-3-11-7-8-18(10-11)15-17-14(12-5-6-12)13(19-15)9-16-4-2/h11-12,16H,3-10H2,1-2H3. The number of nitrogens with one attached hydrogen (secondary N) is 1. The smallest absolute Gasteiger partial charge is 0.185 e. The molecule has 1 saturated heterocycles. The van der Waals surface area contributed by atoms with Crippen molar-refractivity contribution in [3.05, 3.63) is 10.6 Å². The zero-order valence-corrected chi connectivity index (χ0v) is 12.9. The highest BCUT2D eigenvalue weighted by molar-refractivity contribution is 7.15. The molecule has 3 rings (SSSR count). The largest absolute Gasteiger partial charge is 0.348 e. The van der Waals surface area contributed by atoms with Crippen molar-refractivity contribution in [1.82, 2.24) is 10.3 Å². The van der Waals surface area contributed by atoms with Crippen LogP contribution < -0.4 is 10.2 Å². The maximum Gasteiger partial charge on any atom is 0.185 e. The Morgan fingerprint density at radius 2 is 2.16 bits per heavy atom. The maximum atomic E-state index is 4.98. The molecule has 0 spiro atoms. The van der Waals surface area contributed by atoms with Crippen molar-refractivity contribution in [2.45, 2.75) is 52.0 Å². The van der Waals surface area contributed by atoms with Crippen LogP contribution in [0.25, 0.3) is 0 Å². The van der Waals surface area contributed by atoms with Crippen LogP contribution in [0.4, 0.5) is 5.13 Å². The third-order valence-electron chi connectivity index (χ3n) is 4.35. The predicted molar refractivity (Wildman–Crippen MR) is 82.1 cm³/mol. The van der Waals surface area contributed by atoms with E-state index < -0.39 is 0 Å². The van der Waals surface area contributed by atoms with Gasteiger partial charge < -0.3 is 10.2 Å². The van der Waals surface area contributed by atoms with Gasteiger partial charge in [0.15, 0.2) is 5.13 Å². The fraction of sp³-hybridized carbons (Fsp3) is 0.800. The van der Waals surface area contributed by atoms with E-state index in [0.29, 0.717) is 0 Å². The van der Waals surface area contributed by atoms with Gasteiger partial charge in [0.1, 0.15) is 0 Å². The van der Waals surface area contributed by atoms with Crippen molar-refractivity contribution in [3.63, 3.8) is 0 Å². The molecule has 1 aliphatic carbocycles. The first-order chi connectivity index (χ1) is 9.31. The Bertz CT molecular complexity index is 425. The van der Waals surface area contributed by atoms with E-state index in [2.05, 4.69) is 24.1 Å². The average Bonchev–Trinajstić information content (AvgIpc) is 3.02. The second-order valence-electron chi connectivity index (χ2n) is 5.87. The number of rotatable bonds is 6. The number of thiazole rings is 1. The van der Waals surface area contributed by atoms with E-state index in [0.717, 1.165) is 24.9 Å². The minimum Gasteiger partial charge on any atom is -0.348 e. The molecule has 0 aromatic carbocycles. The first-order valence-corrected chi connectivity index (χ1v) is 8.58. The van der Waals surface area contributed by atoms with Crippen molar-refractivity contribution in [2.75, 3.05) is 24.5 Å². The first-order valence-electron chi connectivity index (χ1n) is 7.77. The number of hydrogen-bond donors (Lipinski definition) is 1. The number of anilines is 1. The Morgan fingerprint density at radius 3 is 2.79 bits per heavy atom. The molecule has 2 fully saturated rings. The van der Waals surface area contributed by atoms with Gasteiger partial charge in [-0.2, -0.15) is 0 Å². The zero-order valence-electron chi connectivity index (χ0n) is 12.1. The summed E-state index contributed by atoms with van der Waals surface area (Å²) in [4.78, 5) is 8.98. The van der Waals surface area contributed by atoms with Crippen molar-refractivity contribution in [2.24, 2.45) is 5.92 Å². The van der Waals surface area contributed by atoms with Crippen molar-refractivity contribution in [1.29, 1.82) is 0 Å². The molecule has 1 aliphatic heterocycles. The molecule has 3 nitrogen and oxygen atoms in total. The van der Waals surface area contributed by atoms with Crippen molar-refractivity contribution in [3.8, 4) is 0 Å². The molecule has 1 unspecified atom stereocenters. The number of hydrogen-bond acceptors (Lipinski definition) is 4. The highest BCUT2D eigenvalue weighted by Crippen LogP contribution is 2.44. The lowest BCUT2D eigenvalue weighted by atomic mass is 10.1. The highest BCUT2D eigenvalue weighted by Gasteiger charge is 2.31. The number of aromatic nitrogens is 1. The van der Waals surface area contributed by atoms with E-state index in [4.69, 9.17) is 4.98 Å². The summed E-state index contributed by atoms with van der Waals surface area (Å²) in [6, 6.07) is 0. The molecule has 1 aromatic rings. The van der Waals surface area contributed by atoms with Crippen LogP contribution in [-0.2, 0) is 6.54 Å². The monoisotopic (exact) mass is 279 g/mol. The summed E-state index contributed by atoms with van der Waals surface area (Å²) in [6.07, 6.45) is 5.35. The van der Waals surface area contributed by atoms with Crippen LogP contribution >= 0.6 is 11.3 Å². The Kier molecular flexibility index (Phi) is 4.08. The lowest BCUT2D eigenvalue weighted by molar-refractivity contribution is 0.569. The predicted octanol–water partition coefficient (Wildman–Crippen LogP) is 3.37. The molecule has 2 heterocycles. The molecule has 1 N–H and O–H groups in total. The fourth-order valence-electron chi connectivity index (χ4n) is 2.87. The normalized spacial score (nSPS) is 23.3. The lowest BCUT2D eigenvalue weighted by Crippen LogP contribution is -2.19. The molecule has 4 heteroatoms. The van der Waals surface area contributed by atoms with E-state index >= 15 is 0 Å². The second kappa shape index (κ2) is 5.80. The molecule has 0 amide bonds. The summed E-state index contributed by atoms with van der Waals surface area (Å²) in [7, 11) is 0. The summed E-state index contributed by atoms with van der Waals surface area (Å²) in [5.41, 5.74) is 1.40. The summed E-state index contributed by atoms with van der Waals surface area (Å²) in [5.74, 6) is 1.65. The van der Waals surface area contributed by atoms with Crippen molar-refractivity contribution >= 4 is 16.5 Å². The molecule has 19 heavy (non-hydrogen) atoms. The minimum absolute atomic E-state index is 0.767. The molecule has 0 bridgehead atoms. The molecule has 1 aromatic heterocycles. The maximum absolute atomic E-state index is 4.98. The third kappa shape index (κ3) is 2.95. The molecule has 106 valence electrons. The van der Waals surface area contributed by atoms with Crippen molar-refractivity contribution < 1.29 is 0 Å². The van der Waals surface area contributed by atoms with Crippen LogP contribution in [0.2, 0.25) is 0 Å². The Labute approximate surface area is 120 Å². The number of nitrogens with zero attached hydrogens (tertiary/aromatic N) is 2. The first kappa shape index (κ1) is 13.4. The van der Waals surface area contributed by atoms with Gasteiger partial charge in [-0.05, 0) is 31.7 Å². The van der Waals surface area contributed by atoms with Gasteiger partial charge in [0.25, 0.3) is 0 Å². The van der Waals surface area contributed by atoms with Gasteiger partial charge in [0.05, 0.1) is 5.69 Å². The molecular formula is C15H25N3S. The van der Waals surface area contributed by atoms with E-state index in [1.54, 1.807) is 0 Å². The van der Waals surface area contributed by atoms with Crippen LogP contribution in [0.5, 0.6) is 0 Å². The quantitative estimate of drug-likeness (QED) is 0.865. The van der Waals surface area contributed by atoms with Gasteiger partial charge in [0, 0.05) is 30.4 Å². The molecule has 2 aliphatic rings. The van der Waals surface area contributed by atoms with Gasteiger partial charge >= 0.3 is 0 Å². The van der Waals surface area contributed by atoms with Gasteiger partial charge in [-0.1, -0.05) is 20.3 Å². The summed E-state index contributed by atoms with van der Waals surface area (Å²) in [6.45, 7) is 8.95. The van der Waals surface area contributed by atoms with Gasteiger partial charge in [-0.3, -0.25) is 0 Å². The SMILES string of the molecule is CCNCc1sc(N2CCC(CC)C2)nc1C1CC1. The molecular weight excluding hydrogens is 254 g/mol. The lowest BCUT2D eigenvalue weighted by Gasteiger charge is -2.14. The Hall–Kier alpha value is -0.610. The van der Waals surface area contributed by atoms with Crippen LogP contribution in [-0.4, -0.2) is 24.6 Å². The van der Waals surface area contributed by atoms with E-state index in [1.807, 2.05) is 11.3 Å². The Balaban J connectivity index is 1.74. The molecule has 0 radical (unpaired) electrons. The van der Waals surface area contributed by atoms with Gasteiger partial charge in [-0.25, -0.2) is 4.98 Å². The Morgan fingerprint density at radius 1 is 1.32 bits per heavy atom. The third-order valence-corrected chi connectivity index (χ3v) is 5.48. The summed E-state index contributed by atoms with van der Waals surface area (Å²) < 4.78 is 0. The van der Waals surface area contributed by atoms with Gasteiger partial charge in [0.2, 0.25) is 0 Å². The summed E-state index contributed by atoms with van der Waals surface area (Å²) in [5, 5.41) is 4.75. The average molecular weight is 279 g/mol. The zero-order chi connectivity index (χ0) is 13.2. The molecule has 1 saturated carbocycles. The summed E-state index contributed by atoms with van der Waals surface area (Å²) >= 11 is 1.93. The van der Waals surface area contributed by atoms with Gasteiger partial charge in [-0.15, -0.1) is 11.3 Å². The van der Waals surface area contributed by atoms with Crippen LogP contribution in [0.1, 0.15) is 56.0 Å². The topological polar surface area (TPSA) is 28.2 Å². The fourth-order valence-corrected chi connectivity index (χ4v) is 4.02. The van der Waals surface area contributed by atoms with Crippen LogP contribution in [0.3, 0.4) is 0 Å². The second-order valence-corrected chi connectivity index (χ2v) is 6.93. The highest BCUT2D eigenvalue weighted by atomic mass is 32.1. The minimum atomic E-state index is 0.767.